The summed E-state index contributed by atoms with van der Waals surface area (Å²) in [5, 5.41) is 1.15. The molecule has 0 bridgehead atoms. The monoisotopic (exact) mass is 198 g/mol. The molecule has 1 aromatic heterocycles. The van der Waals surface area contributed by atoms with E-state index >= 15 is 0 Å². The number of para-hydroxylation sites is 1. The Morgan fingerprint density at radius 1 is 1.27 bits per heavy atom. The molecule has 0 aliphatic rings. The molecule has 0 radical (unpaired) electrons. The highest BCUT2D eigenvalue weighted by molar-refractivity contribution is 5.82. The zero-order valence-electron chi connectivity index (χ0n) is 9.29. The Morgan fingerprint density at radius 2 is 1.93 bits per heavy atom. The lowest BCUT2D eigenvalue weighted by Gasteiger charge is -2.14. The second kappa shape index (κ2) is 3.17. The van der Waals surface area contributed by atoms with E-state index in [4.69, 9.17) is 10.8 Å². The Bertz CT molecular complexity index is 538. The van der Waals surface area contributed by atoms with Crippen LogP contribution in [0.25, 0.3) is 11.0 Å². The van der Waals surface area contributed by atoms with Crippen LogP contribution in [0.5, 0.6) is 0 Å². The van der Waals surface area contributed by atoms with Crippen molar-refractivity contribution in [3.63, 3.8) is 0 Å². The number of terminal acetylenes is 1. The number of aryl methyl sites for hydroxylation is 1. The molecule has 2 rings (SSSR count). The quantitative estimate of drug-likeness (QED) is 0.637. The predicted molar refractivity (Wildman–Crippen MR) is 62.8 cm³/mol. The Hall–Kier alpha value is -1.68. The molecule has 15 heavy (non-hydrogen) atoms. The first-order valence-corrected chi connectivity index (χ1v) is 5.02. The van der Waals surface area contributed by atoms with Crippen LogP contribution in [0, 0.1) is 19.3 Å². The Morgan fingerprint density at radius 3 is 2.53 bits per heavy atom. The number of hydrogen-bond acceptors (Lipinski definition) is 1. The summed E-state index contributed by atoms with van der Waals surface area (Å²) in [5.41, 5.74) is 1.71. The fourth-order valence-electron chi connectivity index (χ4n) is 1.84. The Kier molecular flexibility index (Phi) is 2.08. The molecule has 0 aliphatic carbocycles. The van der Waals surface area contributed by atoms with Crippen LogP contribution in [-0.4, -0.2) is 0 Å². The molecule has 0 aliphatic heterocycles. The molecular formula is C14H14O. The van der Waals surface area contributed by atoms with Crippen molar-refractivity contribution in [3.05, 3.63) is 35.6 Å². The van der Waals surface area contributed by atoms with Crippen LogP contribution in [0.1, 0.15) is 25.2 Å². The van der Waals surface area contributed by atoms with Crippen LogP contribution in [0.15, 0.2) is 28.7 Å². The zero-order valence-corrected chi connectivity index (χ0v) is 9.29. The van der Waals surface area contributed by atoms with Crippen LogP contribution in [0.2, 0.25) is 0 Å². The van der Waals surface area contributed by atoms with Crippen LogP contribution in [0.4, 0.5) is 0 Å². The second-order valence-corrected chi connectivity index (χ2v) is 4.32. The highest BCUT2D eigenvalue weighted by Gasteiger charge is 2.25. The third-order valence-corrected chi connectivity index (χ3v) is 2.77. The fourth-order valence-corrected chi connectivity index (χ4v) is 1.84. The second-order valence-electron chi connectivity index (χ2n) is 4.32. The molecule has 0 amide bonds. The molecule has 1 heterocycles. The number of fused-ring (bicyclic) bond motifs is 1. The van der Waals surface area contributed by atoms with Gasteiger partial charge in [0.15, 0.2) is 0 Å². The van der Waals surface area contributed by atoms with Gasteiger partial charge in [-0.1, -0.05) is 24.1 Å². The van der Waals surface area contributed by atoms with Gasteiger partial charge >= 0.3 is 0 Å². The molecular weight excluding hydrogens is 184 g/mol. The molecule has 0 atom stereocenters. The van der Waals surface area contributed by atoms with Gasteiger partial charge in [-0.25, -0.2) is 0 Å². The summed E-state index contributed by atoms with van der Waals surface area (Å²) in [6.07, 6.45) is 5.52. The third-order valence-electron chi connectivity index (χ3n) is 2.77. The Labute approximate surface area is 90.1 Å². The minimum absolute atomic E-state index is 0.344. The van der Waals surface area contributed by atoms with E-state index in [1.165, 1.54) is 0 Å². The highest BCUT2D eigenvalue weighted by atomic mass is 16.3. The first-order valence-electron chi connectivity index (χ1n) is 5.02. The highest BCUT2D eigenvalue weighted by Crippen LogP contribution is 2.33. The molecule has 0 spiro atoms. The van der Waals surface area contributed by atoms with Gasteiger partial charge < -0.3 is 4.42 Å². The summed E-state index contributed by atoms with van der Waals surface area (Å²) < 4.78 is 5.81. The van der Waals surface area contributed by atoms with Crippen molar-refractivity contribution in [1.29, 1.82) is 0 Å². The molecule has 0 saturated carbocycles. The molecule has 0 unspecified atom stereocenters. The molecule has 0 fully saturated rings. The van der Waals surface area contributed by atoms with Gasteiger partial charge in [0.25, 0.3) is 0 Å². The van der Waals surface area contributed by atoms with Gasteiger partial charge in [0.2, 0.25) is 0 Å². The normalized spacial score (nSPS) is 11.6. The number of furan rings is 1. The molecule has 2 aromatic rings. The van der Waals surface area contributed by atoms with Gasteiger partial charge in [-0.2, -0.15) is 0 Å². The molecule has 1 heteroatoms. The lowest BCUT2D eigenvalue weighted by Crippen LogP contribution is -2.13. The largest absolute Gasteiger partial charge is 0.459 e. The first kappa shape index (κ1) is 9.86. The minimum Gasteiger partial charge on any atom is -0.459 e. The summed E-state index contributed by atoms with van der Waals surface area (Å²) >= 11 is 0. The van der Waals surface area contributed by atoms with Crippen molar-refractivity contribution in [1.82, 2.24) is 0 Å². The SMILES string of the molecule is C#CC(C)(C)c1oc2ccccc2c1C. The predicted octanol–water partition coefficient (Wildman–Crippen LogP) is 3.65. The summed E-state index contributed by atoms with van der Waals surface area (Å²) in [5.74, 6) is 3.66. The number of benzene rings is 1. The van der Waals surface area contributed by atoms with E-state index in [1.54, 1.807) is 0 Å². The van der Waals surface area contributed by atoms with Crippen molar-refractivity contribution < 1.29 is 4.42 Å². The average molecular weight is 198 g/mol. The van der Waals surface area contributed by atoms with Crippen molar-refractivity contribution in [3.8, 4) is 12.3 Å². The maximum atomic E-state index is 5.81. The molecule has 1 aromatic carbocycles. The van der Waals surface area contributed by atoms with Crippen LogP contribution < -0.4 is 0 Å². The summed E-state index contributed by atoms with van der Waals surface area (Å²) in [6, 6.07) is 8.01. The van der Waals surface area contributed by atoms with E-state index in [-0.39, 0.29) is 5.41 Å². The molecule has 0 saturated heterocycles. The van der Waals surface area contributed by atoms with E-state index in [1.807, 2.05) is 32.0 Å². The molecule has 0 N–H and O–H groups in total. The lowest BCUT2D eigenvalue weighted by atomic mass is 9.89. The van der Waals surface area contributed by atoms with Gasteiger partial charge in [0.05, 0.1) is 5.41 Å². The van der Waals surface area contributed by atoms with Gasteiger partial charge in [-0.15, -0.1) is 6.42 Å². The van der Waals surface area contributed by atoms with Gasteiger partial charge in [0, 0.05) is 5.39 Å². The van der Waals surface area contributed by atoms with Crippen LogP contribution in [-0.2, 0) is 5.41 Å². The average Bonchev–Trinajstić information content (AvgIpc) is 2.58. The summed E-state index contributed by atoms with van der Waals surface area (Å²) in [7, 11) is 0. The topological polar surface area (TPSA) is 13.1 Å². The van der Waals surface area contributed by atoms with E-state index < -0.39 is 0 Å². The van der Waals surface area contributed by atoms with Gasteiger partial charge in [0.1, 0.15) is 11.3 Å². The van der Waals surface area contributed by atoms with Crippen molar-refractivity contribution in [2.45, 2.75) is 26.2 Å². The van der Waals surface area contributed by atoms with E-state index in [0.717, 1.165) is 22.3 Å². The van der Waals surface area contributed by atoms with Gasteiger partial charge in [-0.05, 0) is 32.4 Å². The van der Waals surface area contributed by atoms with Crippen molar-refractivity contribution >= 4 is 11.0 Å². The number of rotatable bonds is 1. The van der Waals surface area contributed by atoms with Crippen LogP contribution in [0.3, 0.4) is 0 Å². The van der Waals surface area contributed by atoms with Crippen molar-refractivity contribution in [2.75, 3.05) is 0 Å². The van der Waals surface area contributed by atoms with Crippen molar-refractivity contribution in [2.24, 2.45) is 0 Å². The number of hydrogen-bond donors (Lipinski definition) is 0. The summed E-state index contributed by atoms with van der Waals surface area (Å²) in [4.78, 5) is 0. The fraction of sp³-hybridized carbons (Fsp3) is 0.286. The Balaban J connectivity index is 2.75. The first-order chi connectivity index (χ1) is 7.06. The summed E-state index contributed by atoms with van der Waals surface area (Å²) in [6.45, 7) is 6.05. The maximum Gasteiger partial charge on any atom is 0.134 e. The van der Waals surface area contributed by atoms with E-state index in [0.29, 0.717) is 0 Å². The van der Waals surface area contributed by atoms with Gasteiger partial charge in [-0.3, -0.25) is 0 Å². The zero-order chi connectivity index (χ0) is 11.1. The lowest BCUT2D eigenvalue weighted by molar-refractivity contribution is 0.469. The van der Waals surface area contributed by atoms with Crippen LogP contribution >= 0.6 is 0 Å². The maximum absolute atomic E-state index is 5.81. The van der Waals surface area contributed by atoms with E-state index in [9.17, 15) is 0 Å². The smallest absolute Gasteiger partial charge is 0.134 e. The molecule has 76 valence electrons. The van der Waals surface area contributed by atoms with E-state index in [2.05, 4.69) is 18.9 Å². The molecule has 1 nitrogen and oxygen atoms in total. The third kappa shape index (κ3) is 1.43. The standard InChI is InChI=1S/C14H14O/c1-5-14(3,4)13-10(2)11-8-6-7-9-12(11)15-13/h1,6-9H,2-4H3. The minimum atomic E-state index is -0.344.